The Balaban J connectivity index is 2.08. The molecule has 2 aromatic carbocycles. The van der Waals surface area contributed by atoms with Crippen LogP contribution >= 0.6 is 23.2 Å². The molecule has 0 aliphatic carbocycles. The van der Waals surface area contributed by atoms with E-state index in [4.69, 9.17) is 32.7 Å². The average molecular weight is 433 g/mol. The maximum atomic E-state index is 13.0. The van der Waals surface area contributed by atoms with E-state index in [1.807, 2.05) is 0 Å². The fourth-order valence-electron chi connectivity index (χ4n) is 2.50. The lowest BCUT2D eigenvalue weighted by Crippen LogP contribution is -2.40. The molecule has 0 bridgehead atoms. The van der Waals surface area contributed by atoms with E-state index in [9.17, 15) is 18.5 Å². The molecule has 1 saturated heterocycles. The number of nitrogens with zero attached hydrogens (tertiary/aromatic N) is 2. The highest BCUT2D eigenvalue weighted by molar-refractivity contribution is 7.89. The molecule has 1 aliphatic rings. The molecule has 0 atom stereocenters. The van der Waals surface area contributed by atoms with Crippen LogP contribution < -0.4 is 4.74 Å². The number of nitro benzene ring substituents is 1. The van der Waals surface area contributed by atoms with Crippen LogP contribution in [-0.4, -0.2) is 43.9 Å². The van der Waals surface area contributed by atoms with Gasteiger partial charge < -0.3 is 9.47 Å². The third kappa shape index (κ3) is 4.33. The Morgan fingerprint density at radius 2 is 1.78 bits per heavy atom. The van der Waals surface area contributed by atoms with Gasteiger partial charge in [-0.15, -0.1) is 0 Å². The predicted molar refractivity (Wildman–Crippen MR) is 99.2 cm³/mol. The van der Waals surface area contributed by atoms with E-state index < -0.39 is 14.9 Å². The molecule has 11 heteroatoms. The molecule has 27 heavy (non-hydrogen) atoms. The van der Waals surface area contributed by atoms with Crippen LogP contribution in [0.15, 0.2) is 41.3 Å². The Morgan fingerprint density at radius 1 is 1.07 bits per heavy atom. The monoisotopic (exact) mass is 432 g/mol. The van der Waals surface area contributed by atoms with Crippen LogP contribution in [0.1, 0.15) is 0 Å². The second-order valence-electron chi connectivity index (χ2n) is 5.58. The first-order valence-electron chi connectivity index (χ1n) is 7.78. The molecule has 0 saturated carbocycles. The fraction of sp³-hybridized carbons (Fsp3) is 0.250. The van der Waals surface area contributed by atoms with Crippen molar-refractivity contribution in [3.63, 3.8) is 0 Å². The van der Waals surface area contributed by atoms with Crippen molar-refractivity contribution in [1.29, 1.82) is 0 Å². The normalized spacial score (nSPS) is 15.5. The van der Waals surface area contributed by atoms with Gasteiger partial charge >= 0.3 is 0 Å². The topological polar surface area (TPSA) is 99.0 Å². The van der Waals surface area contributed by atoms with Gasteiger partial charge in [-0.1, -0.05) is 23.2 Å². The smallest absolute Gasteiger partial charge is 0.271 e. The second kappa shape index (κ2) is 7.99. The number of sulfonamides is 1. The SMILES string of the molecule is O=[N+]([O-])c1ccc(Oc2cc(Cl)ccc2Cl)c(S(=O)(=O)N2CCOCC2)c1. The van der Waals surface area contributed by atoms with E-state index >= 15 is 0 Å². The largest absolute Gasteiger partial charge is 0.454 e. The molecular weight excluding hydrogens is 419 g/mol. The summed E-state index contributed by atoms with van der Waals surface area (Å²) in [7, 11) is -4.04. The van der Waals surface area contributed by atoms with Crippen molar-refractivity contribution in [3.05, 3.63) is 56.6 Å². The van der Waals surface area contributed by atoms with Crippen LogP contribution in [0.4, 0.5) is 5.69 Å². The van der Waals surface area contributed by atoms with Gasteiger partial charge in [-0.05, 0) is 18.2 Å². The van der Waals surface area contributed by atoms with Crippen molar-refractivity contribution in [2.45, 2.75) is 4.90 Å². The summed E-state index contributed by atoms with van der Waals surface area (Å²) in [6, 6.07) is 7.84. The number of ether oxygens (including phenoxy) is 2. The summed E-state index contributed by atoms with van der Waals surface area (Å²) >= 11 is 12.0. The Bertz CT molecular complexity index is 977. The fourth-order valence-corrected chi connectivity index (χ4v) is 4.36. The Kier molecular flexibility index (Phi) is 5.87. The maximum Gasteiger partial charge on any atom is 0.271 e. The average Bonchev–Trinajstić information content (AvgIpc) is 2.65. The Morgan fingerprint density at radius 3 is 2.44 bits per heavy atom. The molecule has 1 heterocycles. The van der Waals surface area contributed by atoms with Crippen molar-refractivity contribution in [1.82, 2.24) is 4.31 Å². The molecule has 0 spiro atoms. The molecule has 0 aromatic heterocycles. The van der Waals surface area contributed by atoms with Crippen LogP contribution in [-0.2, 0) is 14.8 Å². The van der Waals surface area contributed by atoms with Gasteiger partial charge in [0.05, 0.1) is 23.2 Å². The molecule has 8 nitrogen and oxygen atoms in total. The standard InChI is InChI=1S/C16H14Cl2N2O6S/c17-11-1-3-13(18)15(9-11)26-14-4-2-12(20(21)22)10-16(14)27(23,24)19-5-7-25-8-6-19/h1-4,9-10H,5-8H2. The summed E-state index contributed by atoms with van der Waals surface area (Å²) in [5.41, 5.74) is -0.369. The van der Waals surface area contributed by atoms with Crippen LogP contribution in [0, 0.1) is 10.1 Å². The maximum absolute atomic E-state index is 13.0. The van der Waals surface area contributed by atoms with Crippen LogP contribution in [0.5, 0.6) is 11.5 Å². The summed E-state index contributed by atoms with van der Waals surface area (Å²) in [5, 5.41) is 11.7. The van der Waals surface area contributed by atoms with Gasteiger partial charge in [-0.25, -0.2) is 8.42 Å². The zero-order valence-corrected chi connectivity index (χ0v) is 16.1. The van der Waals surface area contributed by atoms with Gasteiger partial charge in [0.15, 0.2) is 0 Å². The van der Waals surface area contributed by atoms with Gasteiger partial charge in [0.2, 0.25) is 10.0 Å². The molecular formula is C16H14Cl2N2O6S. The van der Waals surface area contributed by atoms with Crippen LogP contribution in [0.3, 0.4) is 0 Å². The molecule has 0 unspecified atom stereocenters. The molecule has 0 amide bonds. The first-order chi connectivity index (χ1) is 12.8. The predicted octanol–water partition coefficient (Wildman–Crippen LogP) is 3.71. The third-order valence-corrected chi connectivity index (χ3v) is 6.31. The minimum absolute atomic E-state index is 0.0868. The van der Waals surface area contributed by atoms with Crippen LogP contribution in [0.25, 0.3) is 0 Å². The summed E-state index contributed by atoms with van der Waals surface area (Å²) in [5.74, 6) is 0.0488. The highest BCUT2D eigenvalue weighted by Gasteiger charge is 2.31. The number of morpholine rings is 1. The number of halogens is 2. The summed E-state index contributed by atoms with van der Waals surface area (Å²) in [6.07, 6.45) is 0. The lowest BCUT2D eigenvalue weighted by molar-refractivity contribution is -0.385. The Hall–Kier alpha value is -1.91. The third-order valence-electron chi connectivity index (χ3n) is 3.84. The van der Waals surface area contributed by atoms with E-state index in [2.05, 4.69) is 0 Å². The molecule has 0 radical (unpaired) electrons. The van der Waals surface area contributed by atoms with E-state index in [-0.39, 0.29) is 53.4 Å². The van der Waals surface area contributed by atoms with E-state index in [1.54, 1.807) is 6.07 Å². The van der Waals surface area contributed by atoms with Crippen molar-refractivity contribution in [3.8, 4) is 11.5 Å². The number of non-ortho nitro benzene ring substituents is 1. The number of hydrogen-bond acceptors (Lipinski definition) is 6. The number of rotatable bonds is 5. The van der Waals surface area contributed by atoms with Crippen molar-refractivity contribution in [2.75, 3.05) is 26.3 Å². The summed E-state index contributed by atoms with van der Waals surface area (Å²) in [4.78, 5) is 10.1. The molecule has 1 fully saturated rings. The molecule has 2 aromatic rings. The first kappa shape index (κ1) is 19.8. The Labute approximate surface area is 165 Å². The second-order valence-corrected chi connectivity index (χ2v) is 8.33. The molecule has 3 rings (SSSR count). The zero-order valence-electron chi connectivity index (χ0n) is 13.8. The zero-order chi connectivity index (χ0) is 19.6. The van der Waals surface area contributed by atoms with Gasteiger partial charge in [0.1, 0.15) is 16.4 Å². The lowest BCUT2D eigenvalue weighted by Gasteiger charge is -2.26. The molecule has 144 valence electrons. The van der Waals surface area contributed by atoms with Crippen LogP contribution in [0.2, 0.25) is 10.0 Å². The van der Waals surface area contributed by atoms with Crippen molar-refractivity contribution >= 4 is 38.9 Å². The van der Waals surface area contributed by atoms with Gasteiger partial charge in [0, 0.05) is 36.3 Å². The van der Waals surface area contributed by atoms with Gasteiger partial charge in [0.25, 0.3) is 5.69 Å². The van der Waals surface area contributed by atoms with E-state index in [1.165, 1.54) is 22.5 Å². The first-order valence-corrected chi connectivity index (χ1v) is 9.98. The number of nitro groups is 1. The van der Waals surface area contributed by atoms with E-state index in [0.29, 0.717) is 5.02 Å². The minimum atomic E-state index is -4.04. The molecule has 0 N–H and O–H groups in total. The number of hydrogen-bond donors (Lipinski definition) is 0. The highest BCUT2D eigenvalue weighted by Crippen LogP contribution is 2.37. The number of benzene rings is 2. The molecule has 1 aliphatic heterocycles. The van der Waals surface area contributed by atoms with Gasteiger partial charge in [-0.3, -0.25) is 10.1 Å². The van der Waals surface area contributed by atoms with Crippen molar-refractivity contribution < 1.29 is 22.8 Å². The summed E-state index contributed by atoms with van der Waals surface area (Å²) in [6.45, 7) is 0.764. The van der Waals surface area contributed by atoms with Gasteiger partial charge in [-0.2, -0.15) is 4.31 Å². The quantitative estimate of drug-likeness (QED) is 0.527. The van der Waals surface area contributed by atoms with E-state index in [0.717, 1.165) is 12.1 Å². The van der Waals surface area contributed by atoms with Crippen molar-refractivity contribution in [2.24, 2.45) is 0 Å². The lowest BCUT2D eigenvalue weighted by atomic mass is 10.3. The highest BCUT2D eigenvalue weighted by atomic mass is 35.5. The summed E-state index contributed by atoms with van der Waals surface area (Å²) < 4.78 is 38.1. The minimum Gasteiger partial charge on any atom is -0.454 e.